The van der Waals surface area contributed by atoms with Gasteiger partial charge in [-0.15, -0.1) is 0 Å². The van der Waals surface area contributed by atoms with Crippen LogP contribution in [0.5, 0.6) is 11.5 Å². The third-order valence-electron chi connectivity index (χ3n) is 10.4. The second-order valence-electron chi connectivity index (χ2n) is 15.8. The Labute approximate surface area is 369 Å². The first kappa shape index (κ1) is 46.5. The second-order valence-corrected chi connectivity index (χ2v) is 19.4. The molecule has 1 aliphatic heterocycles. The van der Waals surface area contributed by atoms with E-state index in [2.05, 4.69) is 25.8 Å². The van der Waals surface area contributed by atoms with E-state index in [1.807, 2.05) is 69.8 Å². The maximum atomic E-state index is 14.0. The molecule has 4 N–H and O–H groups in total. The lowest BCUT2D eigenvalue weighted by atomic mass is 9.86. The van der Waals surface area contributed by atoms with Crippen molar-refractivity contribution < 1.29 is 36.9 Å². The van der Waals surface area contributed by atoms with Crippen LogP contribution in [0.4, 0.5) is 23.0 Å². The Morgan fingerprint density at radius 3 is 2.45 bits per heavy atom. The van der Waals surface area contributed by atoms with Crippen molar-refractivity contribution in [3.05, 3.63) is 95.2 Å². The van der Waals surface area contributed by atoms with Crippen LogP contribution in [0.3, 0.4) is 0 Å². The number of anilines is 4. The topological polar surface area (TPSA) is 185 Å². The molecule has 15 nitrogen and oxygen atoms in total. The molecule has 1 aromatic heterocycles. The van der Waals surface area contributed by atoms with Gasteiger partial charge < -0.3 is 34.8 Å². The molecule has 0 saturated carbocycles. The van der Waals surface area contributed by atoms with Crippen molar-refractivity contribution in [2.75, 3.05) is 86.3 Å². The largest absolute Gasteiger partial charge is 0.496 e. The maximum absolute atomic E-state index is 14.0. The molecule has 5 aromatic rings. The van der Waals surface area contributed by atoms with E-state index in [0.29, 0.717) is 46.3 Å². The standard InChI is InChI=1S/C44H54N7O8PS2/c1-28-8-9-30(41(52)48-37-24-32(44(2,3)4)25-38(40(37)58-6)51(62(7,55)56)16-19-59-60-54)23-35(28)29-10-13-36-31(22-29)27-46-43(49-36)47-33-11-12-34(39(26-33)57-5)42(53)45-14-15-50-17-20-61-21-18-50/h8-13,22-27,54,60H,14-21H2,1-7H3,(H,45,53)(H,48,52)(H,46,47,49). The van der Waals surface area contributed by atoms with E-state index >= 15 is 0 Å². The van der Waals surface area contributed by atoms with Gasteiger partial charge in [0.2, 0.25) is 16.0 Å². The number of hydrogen-bond donors (Lipinski definition) is 4. The van der Waals surface area contributed by atoms with E-state index < -0.39 is 30.4 Å². The average Bonchev–Trinajstić information content (AvgIpc) is 3.24. The number of ether oxygens (including phenoxy) is 2. The number of nitrogens with one attached hydrogen (secondary N) is 3. The van der Waals surface area contributed by atoms with Crippen molar-refractivity contribution in [1.82, 2.24) is 20.2 Å². The third kappa shape index (κ3) is 11.5. The van der Waals surface area contributed by atoms with Gasteiger partial charge in [0.25, 0.3) is 11.8 Å². The van der Waals surface area contributed by atoms with Gasteiger partial charge in [-0.25, -0.2) is 18.4 Å². The number of hydrogen-bond acceptors (Lipinski definition) is 13. The smallest absolute Gasteiger partial charge is 0.255 e. The molecule has 0 bridgehead atoms. The average molecular weight is 904 g/mol. The molecule has 1 aliphatic rings. The Kier molecular flexibility index (Phi) is 15.3. The van der Waals surface area contributed by atoms with E-state index in [9.17, 15) is 22.9 Å². The van der Waals surface area contributed by atoms with Gasteiger partial charge in [-0.1, -0.05) is 32.9 Å². The summed E-state index contributed by atoms with van der Waals surface area (Å²) in [6, 6.07) is 20.0. The minimum absolute atomic E-state index is 0.0526. The highest BCUT2D eigenvalue weighted by atomic mass is 32.2. The summed E-state index contributed by atoms with van der Waals surface area (Å²) in [5.41, 5.74) is 5.66. The van der Waals surface area contributed by atoms with Crippen molar-refractivity contribution >= 4 is 76.5 Å². The molecule has 2 heterocycles. The summed E-state index contributed by atoms with van der Waals surface area (Å²) < 4.78 is 43.7. The lowest BCUT2D eigenvalue weighted by Gasteiger charge is -2.29. The Balaban J connectivity index is 1.20. The fourth-order valence-corrected chi connectivity index (χ4v) is 9.10. The van der Waals surface area contributed by atoms with Gasteiger partial charge >= 0.3 is 0 Å². The molecule has 2 amide bonds. The van der Waals surface area contributed by atoms with E-state index in [1.165, 1.54) is 14.2 Å². The molecule has 0 spiro atoms. The molecule has 1 unspecified atom stereocenters. The van der Waals surface area contributed by atoms with Crippen molar-refractivity contribution in [2.45, 2.75) is 33.1 Å². The first-order valence-corrected chi connectivity index (χ1v) is 23.9. The van der Waals surface area contributed by atoms with Gasteiger partial charge in [-0.2, -0.15) is 11.8 Å². The molecule has 62 heavy (non-hydrogen) atoms. The summed E-state index contributed by atoms with van der Waals surface area (Å²) in [5, 5.41) is 10.00. The number of rotatable bonds is 17. The van der Waals surface area contributed by atoms with E-state index in [-0.39, 0.29) is 30.5 Å². The van der Waals surface area contributed by atoms with Crippen molar-refractivity contribution in [2.24, 2.45) is 0 Å². The maximum Gasteiger partial charge on any atom is 0.255 e. The molecular weight excluding hydrogens is 850 g/mol. The predicted molar refractivity (Wildman–Crippen MR) is 250 cm³/mol. The van der Waals surface area contributed by atoms with Crippen LogP contribution < -0.4 is 29.7 Å². The normalized spacial score (nSPS) is 13.6. The van der Waals surface area contributed by atoms with Crippen LogP contribution in [0.2, 0.25) is 0 Å². The Morgan fingerprint density at radius 2 is 1.76 bits per heavy atom. The zero-order valence-corrected chi connectivity index (χ0v) is 38.6. The molecule has 6 rings (SSSR count). The van der Waals surface area contributed by atoms with E-state index in [4.69, 9.17) is 19.0 Å². The quantitative estimate of drug-likeness (QED) is 0.0555. The number of methoxy groups -OCH3 is 2. The Morgan fingerprint density at radius 1 is 0.984 bits per heavy atom. The molecule has 18 heteroatoms. The number of benzene rings is 4. The second kappa shape index (κ2) is 20.4. The van der Waals surface area contributed by atoms with Gasteiger partial charge in [-0.3, -0.25) is 18.8 Å². The van der Waals surface area contributed by atoms with Crippen LogP contribution in [0.25, 0.3) is 22.0 Å². The van der Waals surface area contributed by atoms with Gasteiger partial charge in [0.1, 0.15) is 5.75 Å². The zero-order valence-electron chi connectivity index (χ0n) is 36.0. The lowest BCUT2D eigenvalue weighted by Crippen LogP contribution is -2.39. The minimum atomic E-state index is -3.82. The minimum Gasteiger partial charge on any atom is -0.496 e. The van der Waals surface area contributed by atoms with Crippen LogP contribution in [-0.2, 0) is 20.0 Å². The molecule has 1 saturated heterocycles. The predicted octanol–water partition coefficient (Wildman–Crippen LogP) is 6.98. The number of thioether (sulfide) groups is 1. The van der Waals surface area contributed by atoms with Gasteiger partial charge in [0, 0.05) is 66.6 Å². The summed E-state index contributed by atoms with van der Waals surface area (Å²) in [5.74, 6) is 2.58. The fourth-order valence-electron chi connectivity index (χ4n) is 7.04. The molecule has 1 atom stereocenters. The SMILES string of the molecule is COc1cc(Nc2ncc3cc(-c4cc(C(=O)Nc5cc(C(C)(C)C)cc(N(CCOPO)S(C)(=O)=O)c5OC)ccc4C)ccc3n2)ccc1C(=O)NCCN1CCSCC1. The van der Waals surface area contributed by atoms with E-state index in [0.717, 1.165) is 69.3 Å². The lowest BCUT2D eigenvalue weighted by molar-refractivity contribution is 0.0945. The molecule has 330 valence electrons. The van der Waals surface area contributed by atoms with Gasteiger partial charge in [0.05, 0.1) is 56.1 Å². The summed E-state index contributed by atoms with van der Waals surface area (Å²) in [6.07, 6.45) is 2.80. The number of nitrogens with zero attached hydrogens (tertiary/aromatic N) is 4. The number of carbonyl (C=O) groups excluding carboxylic acids is 2. The summed E-state index contributed by atoms with van der Waals surface area (Å²) >= 11 is 1.96. The summed E-state index contributed by atoms with van der Waals surface area (Å²) in [6.45, 7) is 11.2. The van der Waals surface area contributed by atoms with Crippen LogP contribution in [0.15, 0.2) is 72.9 Å². The fraction of sp³-hybridized carbons (Fsp3) is 0.364. The number of aromatic nitrogens is 2. The summed E-state index contributed by atoms with van der Waals surface area (Å²) in [4.78, 5) is 47.9. The third-order valence-corrected chi connectivity index (χ3v) is 12.9. The van der Waals surface area contributed by atoms with Crippen LogP contribution in [0.1, 0.15) is 52.6 Å². The van der Waals surface area contributed by atoms with Gasteiger partial charge in [-0.05, 0) is 83.1 Å². The molecule has 4 aromatic carbocycles. The number of sulfonamides is 1. The highest BCUT2D eigenvalue weighted by molar-refractivity contribution is 7.99. The Hall–Kier alpha value is -5.03. The highest BCUT2D eigenvalue weighted by Crippen LogP contribution is 2.42. The van der Waals surface area contributed by atoms with Crippen LogP contribution in [-0.4, -0.2) is 111 Å². The van der Waals surface area contributed by atoms with Crippen molar-refractivity contribution in [3.63, 3.8) is 0 Å². The number of fused-ring (bicyclic) bond motifs is 1. The summed E-state index contributed by atoms with van der Waals surface area (Å²) in [7, 11) is -1.67. The van der Waals surface area contributed by atoms with Crippen LogP contribution >= 0.6 is 20.8 Å². The van der Waals surface area contributed by atoms with Crippen molar-refractivity contribution in [1.29, 1.82) is 0 Å². The Bertz CT molecular complexity index is 2530. The van der Waals surface area contributed by atoms with Crippen molar-refractivity contribution in [3.8, 4) is 22.6 Å². The number of aryl methyl sites for hydroxylation is 1. The monoisotopic (exact) mass is 903 g/mol. The zero-order chi connectivity index (χ0) is 44.6. The van der Waals surface area contributed by atoms with Gasteiger partial charge in [0.15, 0.2) is 14.8 Å². The highest BCUT2D eigenvalue weighted by Gasteiger charge is 2.28. The molecule has 0 aliphatic carbocycles. The van der Waals surface area contributed by atoms with E-state index in [1.54, 1.807) is 42.6 Å². The molecular formula is C44H54N7O8PS2. The number of carbonyl (C=O) groups is 2. The molecule has 1 fully saturated rings. The molecule has 0 radical (unpaired) electrons. The first-order chi connectivity index (χ1) is 29.6. The number of amides is 2. The first-order valence-electron chi connectivity index (χ1n) is 20.0. The van der Waals surface area contributed by atoms with Crippen LogP contribution in [0, 0.1) is 6.92 Å².